The molecule has 2 aromatic carbocycles. The molecule has 0 bridgehead atoms. The van der Waals surface area contributed by atoms with Crippen molar-refractivity contribution in [2.45, 2.75) is 37.6 Å². The summed E-state index contributed by atoms with van der Waals surface area (Å²) in [7, 11) is 0. The number of fused-ring (bicyclic) bond motifs is 1. The van der Waals surface area contributed by atoms with Crippen molar-refractivity contribution < 1.29 is 14.3 Å². The molecule has 2 fully saturated rings. The molecule has 0 spiro atoms. The normalized spacial score (nSPS) is 22.9. The van der Waals surface area contributed by atoms with Gasteiger partial charge < -0.3 is 5.11 Å². The first-order valence-electron chi connectivity index (χ1n) is 9.49. The monoisotopic (exact) mass is 351 g/mol. The average Bonchev–Trinajstić information content (AvgIpc) is 3.34. The Morgan fingerprint density at radius 2 is 1.69 bits per heavy atom. The van der Waals surface area contributed by atoms with Crippen molar-refractivity contribution in [3.63, 3.8) is 0 Å². The quantitative estimate of drug-likeness (QED) is 0.889. The van der Waals surface area contributed by atoms with Crippen LogP contribution in [0.2, 0.25) is 0 Å². The lowest BCUT2D eigenvalue weighted by Crippen LogP contribution is -2.51. The Hall–Kier alpha value is -2.20. The molecule has 4 heteroatoms. The number of nitrogens with zero attached hydrogens (tertiary/aromatic N) is 1. The number of likely N-dealkylation sites (tertiary alicyclic amines) is 1. The molecule has 3 nitrogen and oxygen atoms in total. The first kappa shape index (κ1) is 16.0. The van der Waals surface area contributed by atoms with Crippen LogP contribution in [0.15, 0.2) is 36.4 Å². The SMILES string of the molecule is O=C(O)C1CN([C@H]2CCc3cc(-c4ccc(C5CC5)c(F)c4)ccc32)C1. The lowest BCUT2D eigenvalue weighted by Gasteiger charge is -2.41. The third kappa shape index (κ3) is 2.64. The number of hydrogen-bond acceptors (Lipinski definition) is 2. The fourth-order valence-electron chi connectivity index (χ4n) is 4.51. The van der Waals surface area contributed by atoms with Crippen LogP contribution in [-0.2, 0) is 11.2 Å². The highest BCUT2D eigenvalue weighted by atomic mass is 19.1. The van der Waals surface area contributed by atoms with E-state index in [4.69, 9.17) is 5.11 Å². The summed E-state index contributed by atoms with van der Waals surface area (Å²) >= 11 is 0. The van der Waals surface area contributed by atoms with Crippen molar-refractivity contribution >= 4 is 5.97 Å². The predicted molar refractivity (Wildman–Crippen MR) is 97.6 cm³/mol. The Kier molecular flexibility index (Phi) is 3.64. The minimum Gasteiger partial charge on any atom is -0.481 e. The van der Waals surface area contributed by atoms with Crippen LogP contribution < -0.4 is 0 Å². The molecule has 1 heterocycles. The summed E-state index contributed by atoms with van der Waals surface area (Å²) in [5.41, 5.74) is 5.50. The number of halogens is 1. The molecule has 1 N–H and O–H groups in total. The maximum absolute atomic E-state index is 14.4. The molecule has 5 rings (SSSR count). The molecule has 134 valence electrons. The number of aryl methyl sites for hydroxylation is 1. The zero-order valence-electron chi connectivity index (χ0n) is 14.6. The number of carboxylic acid groups (broad SMARTS) is 1. The van der Waals surface area contributed by atoms with Crippen LogP contribution in [0.4, 0.5) is 4.39 Å². The Morgan fingerprint density at radius 3 is 2.35 bits per heavy atom. The summed E-state index contributed by atoms with van der Waals surface area (Å²) in [4.78, 5) is 13.3. The zero-order valence-corrected chi connectivity index (χ0v) is 14.6. The molecule has 1 atom stereocenters. The van der Waals surface area contributed by atoms with Crippen molar-refractivity contribution in [1.29, 1.82) is 0 Å². The number of rotatable bonds is 4. The Balaban J connectivity index is 1.37. The van der Waals surface area contributed by atoms with E-state index in [-0.39, 0.29) is 11.7 Å². The molecule has 1 saturated heterocycles. The fourth-order valence-corrected chi connectivity index (χ4v) is 4.51. The van der Waals surface area contributed by atoms with Crippen LogP contribution >= 0.6 is 0 Å². The second-order valence-electron chi connectivity index (χ2n) is 7.97. The largest absolute Gasteiger partial charge is 0.481 e. The standard InChI is InChI=1S/C22H22FNO2/c23-20-10-15(3-6-18(20)13-1-2-13)14-4-7-19-16(9-14)5-8-21(19)24-11-17(12-24)22(25)26/h3-4,6-7,9-10,13,17,21H,1-2,5,8,11-12H2,(H,25,26)/t21-/m0/s1. The van der Waals surface area contributed by atoms with Gasteiger partial charge >= 0.3 is 5.97 Å². The van der Waals surface area contributed by atoms with E-state index in [1.807, 2.05) is 12.1 Å². The van der Waals surface area contributed by atoms with Gasteiger partial charge in [0.05, 0.1) is 5.92 Å². The fraction of sp³-hybridized carbons (Fsp3) is 0.409. The van der Waals surface area contributed by atoms with Crippen molar-refractivity contribution in [1.82, 2.24) is 4.90 Å². The molecule has 0 radical (unpaired) electrons. The van der Waals surface area contributed by atoms with E-state index in [0.29, 0.717) is 25.0 Å². The Morgan fingerprint density at radius 1 is 1.00 bits per heavy atom. The van der Waals surface area contributed by atoms with Crippen LogP contribution in [0.5, 0.6) is 0 Å². The lowest BCUT2D eigenvalue weighted by molar-refractivity contribution is -0.148. The second kappa shape index (κ2) is 5.92. The molecule has 2 aliphatic carbocycles. The third-order valence-corrected chi connectivity index (χ3v) is 6.24. The van der Waals surface area contributed by atoms with E-state index >= 15 is 0 Å². The highest BCUT2D eigenvalue weighted by Crippen LogP contribution is 2.43. The molecule has 1 saturated carbocycles. The van der Waals surface area contributed by atoms with Crippen molar-refractivity contribution in [3.8, 4) is 11.1 Å². The molecule has 0 amide bonds. The lowest BCUT2D eigenvalue weighted by atomic mass is 9.94. The molecular formula is C22H22FNO2. The van der Waals surface area contributed by atoms with E-state index in [2.05, 4.69) is 23.1 Å². The van der Waals surface area contributed by atoms with Gasteiger partial charge in [0.1, 0.15) is 5.82 Å². The predicted octanol–water partition coefficient (Wildman–Crippen LogP) is 4.37. The van der Waals surface area contributed by atoms with Gasteiger partial charge in [-0.3, -0.25) is 9.69 Å². The van der Waals surface area contributed by atoms with Gasteiger partial charge in [-0.15, -0.1) is 0 Å². The summed E-state index contributed by atoms with van der Waals surface area (Å²) in [6.07, 6.45) is 4.26. The van der Waals surface area contributed by atoms with Gasteiger partial charge in [-0.25, -0.2) is 4.39 Å². The summed E-state index contributed by atoms with van der Waals surface area (Å²) in [5, 5.41) is 9.07. The summed E-state index contributed by atoms with van der Waals surface area (Å²) in [6.45, 7) is 1.30. The van der Waals surface area contributed by atoms with Crippen LogP contribution in [-0.4, -0.2) is 29.1 Å². The van der Waals surface area contributed by atoms with Crippen molar-refractivity contribution in [2.75, 3.05) is 13.1 Å². The van der Waals surface area contributed by atoms with Gasteiger partial charge in [-0.05, 0) is 65.5 Å². The van der Waals surface area contributed by atoms with Crippen molar-refractivity contribution in [3.05, 3.63) is 58.9 Å². The number of carboxylic acids is 1. The van der Waals surface area contributed by atoms with E-state index < -0.39 is 5.97 Å². The summed E-state index contributed by atoms with van der Waals surface area (Å²) < 4.78 is 14.4. The summed E-state index contributed by atoms with van der Waals surface area (Å²) in [6, 6.07) is 12.4. The van der Waals surface area contributed by atoms with E-state index in [0.717, 1.165) is 42.4 Å². The number of benzene rings is 2. The molecule has 0 unspecified atom stereocenters. The molecule has 2 aromatic rings. The molecule has 1 aliphatic heterocycles. The summed E-state index contributed by atoms with van der Waals surface area (Å²) in [5.74, 6) is -0.558. The third-order valence-electron chi connectivity index (χ3n) is 6.24. The molecular weight excluding hydrogens is 329 g/mol. The Labute approximate surface area is 152 Å². The van der Waals surface area contributed by atoms with E-state index in [1.165, 1.54) is 11.1 Å². The van der Waals surface area contributed by atoms with Gasteiger partial charge in [-0.1, -0.05) is 30.3 Å². The van der Waals surface area contributed by atoms with Gasteiger partial charge in [0.25, 0.3) is 0 Å². The van der Waals surface area contributed by atoms with Crippen LogP contribution in [0.3, 0.4) is 0 Å². The minimum absolute atomic E-state index is 0.0799. The van der Waals surface area contributed by atoms with Gasteiger partial charge in [0.2, 0.25) is 0 Å². The molecule has 26 heavy (non-hydrogen) atoms. The van der Waals surface area contributed by atoms with Crippen molar-refractivity contribution in [2.24, 2.45) is 5.92 Å². The van der Waals surface area contributed by atoms with Gasteiger partial charge in [0, 0.05) is 19.1 Å². The number of aliphatic carboxylic acids is 1. The zero-order chi connectivity index (χ0) is 17.8. The van der Waals surface area contributed by atoms with Gasteiger partial charge in [0.15, 0.2) is 0 Å². The van der Waals surface area contributed by atoms with Crippen LogP contribution in [0.25, 0.3) is 11.1 Å². The molecule has 0 aromatic heterocycles. The van der Waals surface area contributed by atoms with Gasteiger partial charge in [-0.2, -0.15) is 0 Å². The average molecular weight is 351 g/mol. The van der Waals surface area contributed by atoms with E-state index in [1.54, 1.807) is 6.07 Å². The smallest absolute Gasteiger partial charge is 0.309 e. The number of hydrogen-bond donors (Lipinski definition) is 1. The maximum atomic E-state index is 14.4. The Bertz CT molecular complexity index is 884. The second-order valence-corrected chi connectivity index (χ2v) is 7.97. The van der Waals surface area contributed by atoms with E-state index in [9.17, 15) is 9.18 Å². The van der Waals surface area contributed by atoms with Crippen LogP contribution in [0.1, 0.15) is 47.9 Å². The first-order valence-corrected chi connectivity index (χ1v) is 9.49. The maximum Gasteiger partial charge on any atom is 0.309 e. The highest BCUT2D eigenvalue weighted by molar-refractivity contribution is 5.71. The highest BCUT2D eigenvalue weighted by Gasteiger charge is 2.39. The topological polar surface area (TPSA) is 40.5 Å². The minimum atomic E-state index is -0.688. The van der Waals surface area contributed by atoms with Crippen LogP contribution in [0, 0.1) is 11.7 Å². The number of carbonyl (C=O) groups is 1. The molecule has 3 aliphatic rings. The first-order chi connectivity index (χ1) is 12.6.